The molecule has 2 amide bonds. The zero-order chi connectivity index (χ0) is 27.9. The van der Waals surface area contributed by atoms with Gasteiger partial charge in [-0.15, -0.1) is 0 Å². The highest BCUT2D eigenvalue weighted by molar-refractivity contribution is 6.30. The molecule has 40 heavy (non-hydrogen) atoms. The number of fused-ring (bicyclic) bond motifs is 1. The Labute approximate surface area is 241 Å². The monoisotopic (exact) mass is 559 g/mol. The molecule has 210 valence electrons. The first-order chi connectivity index (χ1) is 19.5. The highest BCUT2D eigenvalue weighted by atomic mass is 35.5. The third-order valence-electron chi connectivity index (χ3n) is 8.01. The fraction of sp³-hybridized carbons (Fsp3) is 0.375. The fourth-order valence-corrected chi connectivity index (χ4v) is 6.03. The Balaban J connectivity index is 1.30. The van der Waals surface area contributed by atoms with Gasteiger partial charge in [0, 0.05) is 49.9 Å². The fourth-order valence-electron chi connectivity index (χ4n) is 5.90. The number of hydrogen-bond donors (Lipinski definition) is 4. The average molecular weight is 560 g/mol. The first-order valence-corrected chi connectivity index (χ1v) is 14.6. The molecule has 0 saturated carbocycles. The molecular formula is C32H38ClN5O2. The highest BCUT2D eigenvalue weighted by Crippen LogP contribution is 2.33. The molecule has 8 heteroatoms. The average Bonchev–Trinajstić information content (AvgIpc) is 3.00. The van der Waals surface area contributed by atoms with E-state index in [-0.39, 0.29) is 11.8 Å². The molecular weight excluding hydrogens is 522 g/mol. The number of amides is 2. The van der Waals surface area contributed by atoms with Gasteiger partial charge in [0.15, 0.2) is 0 Å². The Morgan fingerprint density at radius 2 is 1.68 bits per heavy atom. The summed E-state index contributed by atoms with van der Waals surface area (Å²) < 4.78 is 0. The van der Waals surface area contributed by atoms with Gasteiger partial charge in [-0.25, -0.2) is 0 Å². The Morgan fingerprint density at radius 3 is 2.42 bits per heavy atom. The molecule has 3 aromatic rings. The summed E-state index contributed by atoms with van der Waals surface area (Å²) in [6.07, 6.45) is 3.02. The van der Waals surface area contributed by atoms with Gasteiger partial charge in [-0.3, -0.25) is 9.59 Å². The van der Waals surface area contributed by atoms with E-state index in [0.29, 0.717) is 37.0 Å². The molecule has 1 saturated heterocycles. The Bertz CT molecular complexity index is 1310. The van der Waals surface area contributed by atoms with Crippen LogP contribution in [0.1, 0.15) is 47.1 Å². The van der Waals surface area contributed by atoms with Crippen LogP contribution in [-0.4, -0.2) is 55.5 Å². The Morgan fingerprint density at radius 1 is 0.975 bits per heavy atom. The van der Waals surface area contributed by atoms with Crippen LogP contribution in [0.25, 0.3) is 0 Å². The summed E-state index contributed by atoms with van der Waals surface area (Å²) in [6.45, 7) is 3.31. The third kappa shape index (κ3) is 6.66. The lowest BCUT2D eigenvalue weighted by atomic mass is 9.88. The third-order valence-corrected chi connectivity index (χ3v) is 8.26. The van der Waals surface area contributed by atoms with E-state index < -0.39 is 12.1 Å². The van der Waals surface area contributed by atoms with Crippen LogP contribution in [0.15, 0.2) is 72.8 Å². The minimum Gasteiger partial charge on any atom is -0.384 e. The number of carbonyl (C=O) groups excluding carboxylic acids is 2. The van der Waals surface area contributed by atoms with Crippen molar-refractivity contribution in [3.05, 3.63) is 100 Å². The summed E-state index contributed by atoms with van der Waals surface area (Å²) in [7, 11) is 0. The molecule has 0 radical (unpaired) electrons. The highest BCUT2D eigenvalue weighted by Gasteiger charge is 2.33. The normalized spacial score (nSPS) is 18.1. The maximum Gasteiger partial charge on any atom is 0.245 e. The maximum absolute atomic E-state index is 13.9. The topological polar surface area (TPSA) is 99.5 Å². The molecule has 7 nitrogen and oxygen atoms in total. The predicted molar refractivity (Wildman–Crippen MR) is 161 cm³/mol. The minimum absolute atomic E-state index is 0.0413. The second-order valence-electron chi connectivity index (χ2n) is 10.6. The molecule has 0 spiro atoms. The van der Waals surface area contributed by atoms with E-state index >= 15 is 0 Å². The number of nitrogens with two attached hydrogens (primary N) is 1. The number of nitrogens with zero attached hydrogens (tertiary/aromatic N) is 1. The summed E-state index contributed by atoms with van der Waals surface area (Å²) in [6, 6.07) is 22.7. The van der Waals surface area contributed by atoms with Gasteiger partial charge < -0.3 is 26.6 Å². The van der Waals surface area contributed by atoms with Gasteiger partial charge in [0.05, 0.1) is 0 Å². The molecule has 0 aliphatic carbocycles. The van der Waals surface area contributed by atoms with Crippen molar-refractivity contribution in [2.24, 2.45) is 5.73 Å². The summed E-state index contributed by atoms with van der Waals surface area (Å²) in [5.74, 6) is 0.146. The van der Waals surface area contributed by atoms with Crippen molar-refractivity contribution in [1.29, 1.82) is 0 Å². The summed E-state index contributed by atoms with van der Waals surface area (Å²) in [5, 5.41) is 10.5. The SMILES string of the molecule is NCCNc1ccccc1C1CCN(C(=O)[C@@H](Cc2ccc(Cl)cc2)NC(=O)C2NCCc3ccccc32)CC1. The van der Waals surface area contributed by atoms with E-state index in [2.05, 4.69) is 40.2 Å². The number of rotatable bonds is 9. The van der Waals surface area contributed by atoms with Gasteiger partial charge >= 0.3 is 0 Å². The predicted octanol–water partition coefficient (Wildman–Crippen LogP) is 4.03. The van der Waals surface area contributed by atoms with Crippen LogP contribution < -0.4 is 21.7 Å². The van der Waals surface area contributed by atoms with Gasteiger partial charge in [-0.2, -0.15) is 0 Å². The summed E-state index contributed by atoms with van der Waals surface area (Å²) in [5.41, 5.74) is 11.2. The van der Waals surface area contributed by atoms with Crippen LogP contribution in [-0.2, 0) is 22.4 Å². The molecule has 2 aliphatic heterocycles. The van der Waals surface area contributed by atoms with E-state index in [1.165, 1.54) is 11.1 Å². The number of likely N-dealkylation sites (tertiary alicyclic amines) is 1. The largest absolute Gasteiger partial charge is 0.384 e. The molecule has 1 unspecified atom stereocenters. The van der Waals surface area contributed by atoms with E-state index in [0.717, 1.165) is 49.2 Å². The molecule has 5 N–H and O–H groups in total. The van der Waals surface area contributed by atoms with Crippen molar-refractivity contribution >= 4 is 29.1 Å². The van der Waals surface area contributed by atoms with E-state index in [4.69, 9.17) is 17.3 Å². The Hall–Kier alpha value is -3.39. The number of carbonyl (C=O) groups is 2. The number of halogens is 1. The number of benzene rings is 3. The number of anilines is 1. The van der Waals surface area contributed by atoms with Crippen LogP contribution in [0.4, 0.5) is 5.69 Å². The summed E-state index contributed by atoms with van der Waals surface area (Å²) >= 11 is 6.11. The lowest BCUT2D eigenvalue weighted by molar-refractivity contribution is -0.137. The quantitative estimate of drug-likeness (QED) is 0.317. The van der Waals surface area contributed by atoms with E-state index in [9.17, 15) is 9.59 Å². The molecule has 5 rings (SSSR count). The second-order valence-corrected chi connectivity index (χ2v) is 11.1. The van der Waals surface area contributed by atoms with Crippen LogP contribution >= 0.6 is 11.6 Å². The van der Waals surface area contributed by atoms with Crippen molar-refractivity contribution in [3.8, 4) is 0 Å². The molecule has 2 aliphatic rings. The van der Waals surface area contributed by atoms with Gasteiger partial charge in [-0.1, -0.05) is 66.2 Å². The molecule has 3 aromatic carbocycles. The van der Waals surface area contributed by atoms with Crippen molar-refractivity contribution in [1.82, 2.24) is 15.5 Å². The summed E-state index contributed by atoms with van der Waals surface area (Å²) in [4.78, 5) is 29.4. The van der Waals surface area contributed by atoms with E-state index in [1.807, 2.05) is 53.4 Å². The molecule has 0 aromatic heterocycles. The molecule has 0 bridgehead atoms. The Kier molecular flexibility index (Phi) is 9.37. The van der Waals surface area contributed by atoms with Crippen molar-refractivity contribution in [2.75, 3.05) is 38.0 Å². The molecule has 2 heterocycles. The first-order valence-electron chi connectivity index (χ1n) is 14.2. The van der Waals surface area contributed by atoms with Crippen LogP contribution in [0, 0.1) is 0 Å². The number of para-hydroxylation sites is 1. The van der Waals surface area contributed by atoms with Gasteiger partial charge in [0.25, 0.3) is 0 Å². The van der Waals surface area contributed by atoms with Gasteiger partial charge in [0.2, 0.25) is 11.8 Å². The van der Waals surface area contributed by atoms with Crippen molar-refractivity contribution in [2.45, 2.75) is 43.7 Å². The van der Waals surface area contributed by atoms with Crippen LogP contribution in [0.5, 0.6) is 0 Å². The zero-order valence-electron chi connectivity index (χ0n) is 22.7. The number of nitrogens with one attached hydrogen (secondary N) is 3. The smallest absolute Gasteiger partial charge is 0.245 e. The van der Waals surface area contributed by atoms with Crippen molar-refractivity contribution in [3.63, 3.8) is 0 Å². The molecule has 1 fully saturated rings. The zero-order valence-corrected chi connectivity index (χ0v) is 23.5. The molecule has 2 atom stereocenters. The van der Waals surface area contributed by atoms with E-state index in [1.54, 1.807) is 0 Å². The van der Waals surface area contributed by atoms with Crippen LogP contribution in [0.2, 0.25) is 5.02 Å². The van der Waals surface area contributed by atoms with Gasteiger partial charge in [0.1, 0.15) is 12.1 Å². The first kappa shape index (κ1) is 28.1. The lowest BCUT2D eigenvalue weighted by Gasteiger charge is -2.36. The lowest BCUT2D eigenvalue weighted by Crippen LogP contribution is -2.54. The maximum atomic E-state index is 13.9. The standard InChI is InChI=1S/C32H38ClN5O2/c33-25-11-9-22(10-12-25)21-29(37-31(39)30-27-7-2-1-5-23(27)13-17-36-30)32(40)38-19-14-24(15-20-38)26-6-3-4-8-28(26)35-18-16-34/h1-12,24,29-30,35-36H,13-21,34H2,(H,37,39)/t29-,30?/m1/s1. The van der Waals surface area contributed by atoms with Crippen molar-refractivity contribution < 1.29 is 9.59 Å². The second kappa shape index (κ2) is 13.3. The minimum atomic E-state index is -0.667. The number of hydrogen-bond acceptors (Lipinski definition) is 5. The van der Waals surface area contributed by atoms with Gasteiger partial charge in [-0.05, 0) is 65.6 Å². The number of piperidine rings is 1. The van der Waals surface area contributed by atoms with Crippen LogP contribution in [0.3, 0.4) is 0 Å².